The van der Waals surface area contributed by atoms with E-state index in [4.69, 9.17) is 23.8 Å². The Kier molecular flexibility index (Phi) is 6.83. The van der Waals surface area contributed by atoms with E-state index in [2.05, 4.69) is 108 Å². The van der Waals surface area contributed by atoms with Crippen molar-refractivity contribution in [3.05, 3.63) is 182 Å². The molecule has 0 aliphatic rings. The summed E-state index contributed by atoms with van der Waals surface area (Å²) >= 11 is 0. The Morgan fingerprint density at radius 1 is 0.333 bits per heavy atom. The fourth-order valence-corrected chi connectivity index (χ4v) is 8.64. The standard InChI is InChI=1S/C51H30N4O2/c1-3-15-31(16-4-1)49-52-50(32-17-5-2-6-18-32)54-51(53-49)47-40(55-38-24-10-7-19-33(38)34-20-8-11-25-39(34)55)29-30-44-48(47)46-36(23-14-28-43(46)57-44)35-22-13-27-42-45(35)37-21-9-12-26-41(37)56-42/h1-30H. The van der Waals surface area contributed by atoms with Gasteiger partial charge >= 0.3 is 0 Å². The number of benzene rings is 8. The minimum atomic E-state index is 0.551. The van der Waals surface area contributed by atoms with Crippen molar-refractivity contribution < 1.29 is 8.83 Å². The molecule has 0 aliphatic carbocycles. The van der Waals surface area contributed by atoms with Gasteiger partial charge in [-0.3, -0.25) is 0 Å². The maximum Gasteiger partial charge on any atom is 0.166 e. The molecule has 0 spiro atoms. The molecule has 0 bridgehead atoms. The molecule has 0 radical (unpaired) electrons. The molecule has 4 aromatic heterocycles. The van der Waals surface area contributed by atoms with Gasteiger partial charge in [0.2, 0.25) is 0 Å². The highest BCUT2D eigenvalue weighted by Crippen LogP contribution is 2.47. The second kappa shape index (κ2) is 12.3. The zero-order valence-corrected chi connectivity index (χ0v) is 30.4. The van der Waals surface area contributed by atoms with Crippen LogP contribution < -0.4 is 0 Å². The van der Waals surface area contributed by atoms with Crippen LogP contribution >= 0.6 is 0 Å². The largest absolute Gasteiger partial charge is 0.456 e. The molecular weight excluding hydrogens is 701 g/mol. The van der Waals surface area contributed by atoms with Crippen molar-refractivity contribution in [1.29, 1.82) is 0 Å². The first-order chi connectivity index (χ1) is 28.3. The van der Waals surface area contributed by atoms with E-state index in [-0.39, 0.29) is 0 Å². The summed E-state index contributed by atoms with van der Waals surface area (Å²) in [5.74, 6) is 1.73. The van der Waals surface area contributed by atoms with Crippen molar-refractivity contribution in [2.75, 3.05) is 0 Å². The normalized spacial score (nSPS) is 11.9. The number of nitrogens with zero attached hydrogens (tertiary/aromatic N) is 4. The molecule has 12 aromatic rings. The summed E-state index contributed by atoms with van der Waals surface area (Å²) in [6.45, 7) is 0. The Morgan fingerprint density at radius 2 is 0.807 bits per heavy atom. The summed E-state index contributed by atoms with van der Waals surface area (Å²) < 4.78 is 15.6. The fraction of sp³-hybridized carbons (Fsp3) is 0. The van der Waals surface area contributed by atoms with Crippen LogP contribution in [0.4, 0.5) is 0 Å². The van der Waals surface area contributed by atoms with Gasteiger partial charge < -0.3 is 13.4 Å². The number of fused-ring (bicyclic) bond motifs is 9. The van der Waals surface area contributed by atoms with Crippen LogP contribution in [0.15, 0.2) is 191 Å². The van der Waals surface area contributed by atoms with E-state index in [1.54, 1.807) is 0 Å². The lowest BCUT2D eigenvalue weighted by atomic mass is 9.93. The number of hydrogen-bond donors (Lipinski definition) is 0. The predicted octanol–water partition coefficient (Wildman–Crippen LogP) is 13.4. The van der Waals surface area contributed by atoms with E-state index in [1.807, 2.05) is 78.9 Å². The van der Waals surface area contributed by atoms with Crippen molar-refractivity contribution in [2.45, 2.75) is 0 Å². The molecule has 6 heteroatoms. The maximum absolute atomic E-state index is 6.83. The van der Waals surface area contributed by atoms with Crippen LogP contribution in [-0.2, 0) is 0 Å². The highest BCUT2D eigenvalue weighted by molar-refractivity contribution is 6.23. The van der Waals surface area contributed by atoms with Crippen molar-refractivity contribution in [3.8, 4) is 51.0 Å². The molecule has 0 aliphatic heterocycles. The van der Waals surface area contributed by atoms with Crippen molar-refractivity contribution in [3.63, 3.8) is 0 Å². The summed E-state index contributed by atoms with van der Waals surface area (Å²) in [4.78, 5) is 15.8. The summed E-state index contributed by atoms with van der Waals surface area (Å²) in [7, 11) is 0. The molecule has 12 rings (SSSR count). The summed E-state index contributed by atoms with van der Waals surface area (Å²) in [6.07, 6.45) is 0. The topological polar surface area (TPSA) is 69.9 Å². The third-order valence-electron chi connectivity index (χ3n) is 11.1. The molecule has 0 atom stereocenters. The second-order valence-corrected chi connectivity index (χ2v) is 14.3. The van der Waals surface area contributed by atoms with Gasteiger partial charge in [-0.1, -0.05) is 140 Å². The van der Waals surface area contributed by atoms with Crippen molar-refractivity contribution in [1.82, 2.24) is 19.5 Å². The first kappa shape index (κ1) is 31.5. The first-order valence-corrected chi connectivity index (χ1v) is 19.0. The van der Waals surface area contributed by atoms with Gasteiger partial charge in [0.15, 0.2) is 17.5 Å². The molecule has 8 aromatic carbocycles. The van der Waals surface area contributed by atoms with Crippen LogP contribution in [0.1, 0.15) is 0 Å². The monoisotopic (exact) mass is 730 g/mol. The SMILES string of the molecule is c1ccc(-c2nc(-c3ccccc3)nc(-c3c(-n4c5ccccc5c5ccccc54)ccc4oc5cccc(-c6cccc7oc8ccccc8c67)c5c34)n2)cc1. The fourth-order valence-electron chi connectivity index (χ4n) is 8.64. The minimum Gasteiger partial charge on any atom is -0.456 e. The molecule has 0 fully saturated rings. The Balaban J connectivity index is 1.27. The molecule has 266 valence electrons. The lowest BCUT2D eigenvalue weighted by Gasteiger charge is -2.16. The molecular formula is C51H30N4O2. The molecule has 0 amide bonds. The number of hydrogen-bond acceptors (Lipinski definition) is 5. The molecule has 0 saturated heterocycles. The molecule has 57 heavy (non-hydrogen) atoms. The van der Waals surface area contributed by atoms with Crippen LogP contribution in [0.3, 0.4) is 0 Å². The molecule has 4 heterocycles. The molecule has 0 unspecified atom stereocenters. The van der Waals surface area contributed by atoms with Gasteiger partial charge in [0.05, 0.1) is 22.3 Å². The number of furan rings is 2. The average molecular weight is 731 g/mol. The van der Waals surface area contributed by atoms with E-state index in [1.165, 1.54) is 10.8 Å². The lowest BCUT2D eigenvalue weighted by Crippen LogP contribution is -2.04. The lowest BCUT2D eigenvalue weighted by molar-refractivity contribution is 0.668. The third-order valence-corrected chi connectivity index (χ3v) is 11.1. The summed E-state index contributed by atoms with van der Waals surface area (Å²) in [5.41, 5.74) is 11.1. The van der Waals surface area contributed by atoms with Crippen LogP contribution in [0, 0.1) is 0 Å². The average Bonchev–Trinajstić information content (AvgIpc) is 3.96. The quantitative estimate of drug-likeness (QED) is 0.176. The van der Waals surface area contributed by atoms with E-state index >= 15 is 0 Å². The Morgan fingerprint density at radius 3 is 1.46 bits per heavy atom. The first-order valence-electron chi connectivity index (χ1n) is 19.0. The van der Waals surface area contributed by atoms with E-state index in [0.29, 0.717) is 17.5 Å². The smallest absolute Gasteiger partial charge is 0.166 e. The number of rotatable bonds is 5. The number of para-hydroxylation sites is 3. The summed E-state index contributed by atoms with van der Waals surface area (Å²) in [6, 6.07) is 62.5. The third kappa shape index (κ3) is 4.81. The van der Waals surface area contributed by atoms with Crippen molar-refractivity contribution >= 4 is 65.7 Å². The highest BCUT2D eigenvalue weighted by Gasteiger charge is 2.26. The van der Waals surface area contributed by atoms with Crippen LogP contribution in [0.25, 0.3) is 117 Å². The zero-order valence-electron chi connectivity index (χ0n) is 30.4. The molecule has 0 N–H and O–H groups in total. The predicted molar refractivity (Wildman–Crippen MR) is 230 cm³/mol. The van der Waals surface area contributed by atoms with Gasteiger partial charge in [0, 0.05) is 43.4 Å². The van der Waals surface area contributed by atoms with Gasteiger partial charge in [0.1, 0.15) is 22.3 Å². The zero-order chi connectivity index (χ0) is 37.5. The van der Waals surface area contributed by atoms with Gasteiger partial charge in [-0.2, -0.15) is 0 Å². The van der Waals surface area contributed by atoms with E-state index < -0.39 is 0 Å². The molecule has 0 saturated carbocycles. The number of aromatic nitrogens is 4. The van der Waals surface area contributed by atoms with Gasteiger partial charge in [-0.05, 0) is 53.6 Å². The van der Waals surface area contributed by atoms with Gasteiger partial charge in [-0.25, -0.2) is 15.0 Å². The van der Waals surface area contributed by atoms with Crippen LogP contribution in [-0.4, -0.2) is 19.5 Å². The van der Waals surface area contributed by atoms with E-state index in [9.17, 15) is 0 Å². The Bertz CT molecular complexity index is 3410. The van der Waals surface area contributed by atoms with E-state index in [0.717, 1.165) is 88.4 Å². The van der Waals surface area contributed by atoms with Crippen LogP contribution in [0.5, 0.6) is 0 Å². The highest BCUT2D eigenvalue weighted by atomic mass is 16.3. The Labute approximate surface area is 325 Å². The summed E-state index contributed by atoms with van der Waals surface area (Å²) in [5, 5.41) is 6.37. The molecule has 6 nitrogen and oxygen atoms in total. The maximum atomic E-state index is 6.83. The van der Waals surface area contributed by atoms with Crippen LogP contribution in [0.2, 0.25) is 0 Å². The van der Waals surface area contributed by atoms with Gasteiger partial charge in [-0.15, -0.1) is 0 Å². The van der Waals surface area contributed by atoms with Gasteiger partial charge in [0.25, 0.3) is 0 Å². The Hall–Kier alpha value is -7.83. The van der Waals surface area contributed by atoms with Crippen molar-refractivity contribution in [2.24, 2.45) is 0 Å². The second-order valence-electron chi connectivity index (χ2n) is 14.3. The minimum absolute atomic E-state index is 0.551.